The van der Waals surface area contributed by atoms with Crippen LogP contribution in [0.4, 0.5) is 11.4 Å². The summed E-state index contributed by atoms with van der Waals surface area (Å²) in [5.74, 6) is 0.824. The molecule has 128 valence electrons. The smallest absolute Gasteiger partial charge is 0.232 e. The summed E-state index contributed by atoms with van der Waals surface area (Å²) < 4.78 is 31.0. The van der Waals surface area contributed by atoms with E-state index in [4.69, 9.17) is 4.74 Å². The second-order valence-corrected chi connectivity index (χ2v) is 7.83. The Morgan fingerprint density at radius 2 is 2.00 bits per heavy atom. The molecule has 1 amide bonds. The molecule has 1 aromatic carbocycles. The predicted octanol–water partition coefficient (Wildman–Crippen LogP) is 2.98. The van der Waals surface area contributed by atoms with Gasteiger partial charge in [0, 0.05) is 18.2 Å². The fourth-order valence-electron chi connectivity index (χ4n) is 2.78. The van der Waals surface area contributed by atoms with E-state index in [9.17, 15) is 13.2 Å². The maximum Gasteiger partial charge on any atom is 0.232 e. The largest absolute Gasteiger partial charge is 0.494 e. The number of ether oxygens (including phenoxy) is 1. The molecule has 1 aromatic rings. The molecule has 0 bridgehead atoms. The SMILES string of the molecule is CCS(=O)(=O)Nc1ccc(NC(=O)CC2CCCC2)cc1OC. The van der Waals surface area contributed by atoms with Crippen LogP contribution < -0.4 is 14.8 Å². The summed E-state index contributed by atoms with van der Waals surface area (Å²) in [4.78, 5) is 12.1. The van der Waals surface area contributed by atoms with Crippen LogP contribution in [0.3, 0.4) is 0 Å². The number of carbonyl (C=O) groups is 1. The fraction of sp³-hybridized carbons (Fsp3) is 0.562. The first kappa shape index (κ1) is 17.6. The van der Waals surface area contributed by atoms with Gasteiger partial charge in [-0.2, -0.15) is 0 Å². The zero-order chi connectivity index (χ0) is 16.9. The number of carbonyl (C=O) groups excluding carboxylic acids is 1. The Morgan fingerprint density at radius 1 is 1.30 bits per heavy atom. The molecule has 0 unspecified atom stereocenters. The molecule has 0 radical (unpaired) electrons. The Labute approximate surface area is 137 Å². The second-order valence-electron chi connectivity index (χ2n) is 5.82. The van der Waals surface area contributed by atoms with E-state index in [0.717, 1.165) is 12.8 Å². The van der Waals surface area contributed by atoms with E-state index >= 15 is 0 Å². The van der Waals surface area contributed by atoms with Crippen molar-refractivity contribution >= 4 is 27.3 Å². The third-order valence-corrected chi connectivity index (χ3v) is 5.37. The van der Waals surface area contributed by atoms with Crippen molar-refractivity contribution in [3.8, 4) is 5.75 Å². The monoisotopic (exact) mass is 340 g/mol. The van der Waals surface area contributed by atoms with Gasteiger partial charge in [0.1, 0.15) is 5.75 Å². The van der Waals surface area contributed by atoms with Gasteiger partial charge < -0.3 is 10.1 Å². The molecular formula is C16H24N2O4S. The number of rotatable bonds is 7. The Kier molecular flexibility index (Phi) is 5.87. The molecule has 0 spiro atoms. The first-order chi connectivity index (χ1) is 10.9. The van der Waals surface area contributed by atoms with Crippen LogP contribution in [0, 0.1) is 5.92 Å². The van der Waals surface area contributed by atoms with Crippen molar-refractivity contribution in [2.75, 3.05) is 22.9 Å². The minimum absolute atomic E-state index is 0.0131. The molecule has 0 aromatic heterocycles. The van der Waals surface area contributed by atoms with Crippen molar-refractivity contribution in [2.45, 2.75) is 39.0 Å². The summed E-state index contributed by atoms with van der Waals surface area (Å²) in [5, 5.41) is 2.85. The zero-order valence-electron chi connectivity index (χ0n) is 13.6. The van der Waals surface area contributed by atoms with Gasteiger partial charge in [0.05, 0.1) is 18.6 Å². The lowest BCUT2D eigenvalue weighted by molar-refractivity contribution is -0.117. The summed E-state index contributed by atoms with van der Waals surface area (Å²) in [6.45, 7) is 1.56. The van der Waals surface area contributed by atoms with Crippen molar-refractivity contribution in [3.63, 3.8) is 0 Å². The maximum atomic E-state index is 12.1. The topological polar surface area (TPSA) is 84.5 Å². The number of hydrogen-bond donors (Lipinski definition) is 2. The zero-order valence-corrected chi connectivity index (χ0v) is 14.4. The highest BCUT2D eigenvalue weighted by molar-refractivity contribution is 7.92. The lowest BCUT2D eigenvalue weighted by Gasteiger charge is -2.14. The number of benzene rings is 1. The van der Waals surface area contributed by atoms with Crippen molar-refractivity contribution in [1.29, 1.82) is 0 Å². The molecular weight excluding hydrogens is 316 g/mol. The van der Waals surface area contributed by atoms with Gasteiger partial charge in [0.25, 0.3) is 0 Å². The quantitative estimate of drug-likeness (QED) is 0.799. The molecule has 0 saturated heterocycles. The highest BCUT2D eigenvalue weighted by Crippen LogP contribution is 2.30. The lowest BCUT2D eigenvalue weighted by Crippen LogP contribution is -2.16. The van der Waals surface area contributed by atoms with Gasteiger partial charge in [0.2, 0.25) is 15.9 Å². The first-order valence-electron chi connectivity index (χ1n) is 7.92. The van der Waals surface area contributed by atoms with Crippen LogP contribution in [-0.4, -0.2) is 27.2 Å². The number of methoxy groups -OCH3 is 1. The molecule has 0 atom stereocenters. The lowest BCUT2D eigenvalue weighted by atomic mass is 10.0. The molecule has 1 saturated carbocycles. The number of nitrogens with one attached hydrogen (secondary N) is 2. The van der Waals surface area contributed by atoms with E-state index in [1.807, 2.05) is 0 Å². The maximum absolute atomic E-state index is 12.1. The average Bonchev–Trinajstić information content (AvgIpc) is 3.01. The minimum Gasteiger partial charge on any atom is -0.494 e. The minimum atomic E-state index is -3.37. The van der Waals surface area contributed by atoms with Crippen molar-refractivity contribution in [3.05, 3.63) is 18.2 Å². The van der Waals surface area contributed by atoms with Gasteiger partial charge in [-0.1, -0.05) is 12.8 Å². The molecule has 0 aliphatic heterocycles. The van der Waals surface area contributed by atoms with Gasteiger partial charge >= 0.3 is 0 Å². The Balaban J connectivity index is 2.04. The van der Waals surface area contributed by atoms with Gasteiger partial charge in [0.15, 0.2) is 0 Å². The average molecular weight is 340 g/mol. The third-order valence-electron chi connectivity index (χ3n) is 4.08. The fourth-order valence-corrected chi connectivity index (χ4v) is 3.43. The van der Waals surface area contributed by atoms with Crippen LogP contribution in [-0.2, 0) is 14.8 Å². The van der Waals surface area contributed by atoms with Crippen LogP contribution in [0.5, 0.6) is 5.75 Å². The molecule has 1 aliphatic carbocycles. The molecule has 1 aliphatic rings. The van der Waals surface area contributed by atoms with Crippen LogP contribution >= 0.6 is 0 Å². The van der Waals surface area contributed by atoms with E-state index in [2.05, 4.69) is 10.0 Å². The normalized spacial score (nSPS) is 15.4. The number of hydrogen-bond acceptors (Lipinski definition) is 4. The predicted molar refractivity (Wildman–Crippen MR) is 91.3 cm³/mol. The number of sulfonamides is 1. The molecule has 2 rings (SSSR count). The van der Waals surface area contributed by atoms with Crippen molar-refractivity contribution in [2.24, 2.45) is 5.92 Å². The van der Waals surface area contributed by atoms with Gasteiger partial charge in [-0.05, 0) is 37.8 Å². The molecule has 6 nitrogen and oxygen atoms in total. The Morgan fingerprint density at radius 3 is 2.61 bits per heavy atom. The van der Waals surface area contributed by atoms with E-state index in [1.54, 1.807) is 25.1 Å². The summed E-state index contributed by atoms with van der Waals surface area (Å²) in [6, 6.07) is 4.89. The molecule has 2 N–H and O–H groups in total. The standard InChI is InChI=1S/C16H24N2O4S/c1-3-23(20,21)18-14-9-8-13(11-15(14)22-2)17-16(19)10-12-6-4-5-7-12/h8-9,11-12,18H,3-7,10H2,1-2H3,(H,17,19). The second kappa shape index (κ2) is 7.68. The van der Waals surface area contributed by atoms with E-state index in [1.165, 1.54) is 20.0 Å². The summed E-state index contributed by atoms with van der Waals surface area (Å²) >= 11 is 0. The number of amides is 1. The summed E-state index contributed by atoms with van der Waals surface area (Å²) in [5.41, 5.74) is 0.965. The molecule has 23 heavy (non-hydrogen) atoms. The van der Waals surface area contributed by atoms with E-state index < -0.39 is 10.0 Å². The summed E-state index contributed by atoms with van der Waals surface area (Å²) in [6.07, 6.45) is 5.19. The molecule has 1 fully saturated rings. The van der Waals surface area contributed by atoms with Crippen LogP contribution in [0.2, 0.25) is 0 Å². The third kappa shape index (κ3) is 5.13. The van der Waals surface area contributed by atoms with E-state index in [-0.39, 0.29) is 11.7 Å². The Bertz CT molecular complexity index is 652. The van der Waals surface area contributed by atoms with Crippen LogP contribution in [0.15, 0.2) is 18.2 Å². The highest BCUT2D eigenvalue weighted by atomic mass is 32.2. The molecule has 7 heteroatoms. The van der Waals surface area contributed by atoms with E-state index in [0.29, 0.717) is 29.5 Å². The first-order valence-corrected chi connectivity index (χ1v) is 9.57. The van der Waals surface area contributed by atoms with Crippen LogP contribution in [0.25, 0.3) is 0 Å². The highest BCUT2D eigenvalue weighted by Gasteiger charge is 2.19. The molecule has 0 heterocycles. The van der Waals surface area contributed by atoms with Gasteiger partial charge in [-0.3, -0.25) is 9.52 Å². The van der Waals surface area contributed by atoms with Gasteiger partial charge in [-0.15, -0.1) is 0 Å². The van der Waals surface area contributed by atoms with Crippen LogP contribution in [0.1, 0.15) is 39.0 Å². The summed E-state index contributed by atoms with van der Waals surface area (Å²) in [7, 11) is -1.91. The van der Waals surface area contributed by atoms with Gasteiger partial charge in [-0.25, -0.2) is 8.42 Å². The Hall–Kier alpha value is -1.76. The van der Waals surface area contributed by atoms with Crippen molar-refractivity contribution in [1.82, 2.24) is 0 Å². The number of anilines is 2. The van der Waals surface area contributed by atoms with Crippen molar-refractivity contribution < 1.29 is 17.9 Å².